The zero-order valence-electron chi connectivity index (χ0n) is 9.16. The first kappa shape index (κ1) is 11.9. The molecule has 1 aliphatic rings. The predicted octanol–water partition coefficient (Wildman–Crippen LogP) is 2.27. The van der Waals surface area contributed by atoms with Crippen molar-refractivity contribution in [3.8, 4) is 0 Å². The first-order valence-corrected chi connectivity index (χ1v) is 5.99. The second kappa shape index (κ2) is 5.64. The van der Waals surface area contributed by atoms with E-state index < -0.39 is 0 Å². The van der Waals surface area contributed by atoms with Crippen molar-refractivity contribution in [3.05, 3.63) is 34.9 Å². The van der Waals surface area contributed by atoms with Crippen LogP contribution in [-0.4, -0.2) is 13.2 Å². The molecule has 1 aromatic rings. The summed E-state index contributed by atoms with van der Waals surface area (Å²) in [6.45, 7) is 1.61. The molecule has 4 heteroatoms. The smallest absolute Gasteiger partial charge is 0.0524 e. The number of hydrogen-bond donors (Lipinski definition) is 2. The summed E-state index contributed by atoms with van der Waals surface area (Å²) < 4.78 is 5.49. The Balaban J connectivity index is 2.18. The Morgan fingerprint density at radius 3 is 2.88 bits per heavy atom. The molecular weight excluding hydrogens is 224 g/mol. The van der Waals surface area contributed by atoms with Crippen LogP contribution in [0.4, 0.5) is 0 Å². The zero-order chi connectivity index (χ0) is 11.4. The van der Waals surface area contributed by atoms with E-state index in [0.29, 0.717) is 5.92 Å². The quantitative estimate of drug-likeness (QED) is 0.630. The van der Waals surface area contributed by atoms with E-state index >= 15 is 0 Å². The third kappa shape index (κ3) is 2.55. The van der Waals surface area contributed by atoms with Gasteiger partial charge in [0.15, 0.2) is 0 Å². The number of benzene rings is 1. The minimum atomic E-state index is 0.0778. The largest absolute Gasteiger partial charge is 0.381 e. The highest BCUT2D eigenvalue weighted by Gasteiger charge is 2.25. The second-order valence-electron chi connectivity index (χ2n) is 4.14. The highest BCUT2D eigenvalue weighted by molar-refractivity contribution is 6.31. The van der Waals surface area contributed by atoms with Gasteiger partial charge in [0.05, 0.1) is 12.6 Å². The first-order chi connectivity index (χ1) is 7.83. The lowest BCUT2D eigenvalue weighted by atomic mass is 9.89. The van der Waals surface area contributed by atoms with E-state index in [1.54, 1.807) is 0 Å². The fourth-order valence-electron chi connectivity index (χ4n) is 2.24. The fourth-order valence-corrected chi connectivity index (χ4v) is 2.49. The number of nitrogens with two attached hydrogens (primary N) is 1. The van der Waals surface area contributed by atoms with Crippen LogP contribution in [0.1, 0.15) is 24.4 Å². The Kier molecular flexibility index (Phi) is 4.18. The molecule has 1 aromatic carbocycles. The predicted molar refractivity (Wildman–Crippen MR) is 65.1 cm³/mol. The number of hydrogen-bond acceptors (Lipinski definition) is 3. The molecule has 2 rings (SSSR count). The summed E-state index contributed by atoms with van der Waals surface area (Å²) in [6, 6.07) is 7.90. The SMILES string of the molecule is NNC(c1ccccc1Cl)C1CCCOC1. The van der Waals surface area contributed by atoms with Crippen molar-refractivity contribution in [1.82, 2.24) is 5.43 Å². The van der Waals surface area contributed by atoms with Crippen LogP contribution in [0.2, 0.25) is 5.02 Å². The molecule has 3 nitrogen and oxygen atoms in total. The number of hydrazine groups is 1. The monoisotopic (exact) mass is 240 g/mol. The minimum Gasteiger partial charge on any atom is -0.381 e. The summed E-state index contributed by atoms with van der Waals surface area (Å²) >= 11 is 6.18. The van der Waals surface area contributed by atoms with Gasteiger partial charge < -0.3 is 4.74 Å². The number of halogens is 1. The molecule has 88 valence electrons. The molecule has 0 amide bonds. The maximum absolute atomic E-state index is 6.18. The van der Waals surface area contributed by atoms with E-state index in [1.807, 2.05) is 24.3 Å². The van der Waals surface area contributed by atoms with Gasteiger partial charge >= 0.3 is 0 Å². The van der Waals surface area contributed by atoms with Crippen molar-refractivity contribution in [2.45, 2.75) is 18.9 Å². The number of rotatable bonds is 3. The average molecular weight is 241 g/mol. The number of ether oxygens (including phenoxy) is 1. The van der Waals surface area contributed by atoms with Crippen LogP contribution in [-0.2, 0) is 4.74 Å². The summed E-state index contributed by atoms with van der Waals surface area (Å²) in [7, 11) is 0. The Morgan fingerprint density at radius 1 is 1.44 bits per heavy atom. The maximum Gasteiger partial charge on any atom is 0.0524 e. The molecule has 1 aliphatic heterocycles. The summed E-state index contributed by atoms with van der Waals surface area (Å²) in [5.74, 6) is 6.04. The molecule has 2 unspecified atom stereocenters. The van der Waals surface area contributed by atoms with Crippen molar-refractivity contribution in [3.63, 3.8) is 0 Å². The van der Waals surface area contributed by atoms with Gasteiger partial charge in [-0.25, -0.2) is 0 Å². The normalized spacial score (nSPS) is 23.0. The molecule has 0 aromatic heterocycles. The molecule has 3 N–H and O–H groups in total. The molecule has 0 aliphatic carbocycles. The van der Waals surface area contributed by atoms with Crippen molar-refractivity contribution < 1.29 is 4.74 Å². The zero-order valence-corrected chi connectivity index (χ0v) is 9.91. The first-order valence-electron chi connectivity index (χ1n) is 5.61. The van der Waals surface area contributed by atoms with Crippen molar-refractivity contribution >= 4 is 11.6 Å². The fraction of sp³-hybridized carbons (Fsp3) is 0.500. The van der Waals surface area contributed by atoms with E-state index in [0.717, 1.165) is 36.6 Å². The lowest BCUT2D eigenvalue weighted by Crippen LogP contribution is -2.37. The van der Waals surface area contributed by atoms with E-state index in [-0.39, 0.29) is 6.04 Å². The van der Waals surface area contributed by atoms with Crippen LogP contribution in [0.25, 0.3) is 0 Å². The molecule has 1 fully saturated rings. The minimum absolute atomic E-state index is 0.0778. The Hall–Kier alpha value is -0.610. The van der Waals surface area contributed by atoms with Gasteiger partial charge in [-0.1, -0.05) is 29.8 Å². The number of nitrogens with one attached hydrogen (secondary N) is 1. The van der Waals surface area contributed by atoms with Gasteiger partial charge in [-0.2, -0.15) is 0 Å². The third-order valence-corrected chi connectivity index (χ3v) is 3.43. The molecule has 0 bridgehead atoms. The summed E-state index contributed by atoms with van der Waals surface area (Å²) in [5, 5.41) is 0.760. The summed E-state index contributed by atoms with van der Waals surface area (Å²) in [4.78, 5) is 0. The second-order valence-corrected chi connectivity index (χ2v) is 4.55. The Labute approximate surface area is 101 Å². The molecule has 1 saturated heterocycles. The van der Waals surface area contributed by atoms with Gasteiger partial charge in [0.25, 0.3) is 0 Å². The lowest BCUT2D eigenvalue weighted by molar-refractivity contribution is 0.0390. The molecule has 0 saturated carbocycles. The van der Waals surface area contributed by atoms with E-state index in [1.165, 1.54) is 0 Å². The van der Waals surface area contributed by atoms with Gasteiger partial charge in [0.1, 0.15) is 0 Å². The molecule has 16 heavy (non-hydrogen) atoms. The van der Waals surface area contributed by atoms with Gasteiger partial charge in [0.2, 0.25) is 0 Å². The van der Waals surface area contributed by atoms with Crippen LogP contribution < -0.4 is 11.3 Å². The molecule has 0 spiro atoms. The van der Waals surface area contributed by atoms with Crippen molar-refractivity contribution in [2.75, 3.05) is 13.2 Å². The molecular formula is C12H17ClN2O. The standard InChI is InChI=1S/C12H17ClN2O/c13-11-6-2-1-5-10(11)12(15-14)9-4-3-7-16-8-9/h1-2,5-6,9,12,15H,3-4,7-8,14H2. The molecule has 0 radical (unpaired) electrons. The van der Waals surface area contributed by atoms with E-state index in [9.17, 15) is 0 Å². The summed E-state index contributed by atoms with van der Waals surface area (Å²) in [6.07, 6.45) is 2.22. The maximum atomic E-state index is 6.18. The van der Waals surface area contributed by atoms with Crippen LogP contribution in [0.3, 0.4) is 0 Å². The topological polar surface area (TPSA) is 47.3 Å². The van der Waals surface area contributed by atoms with Crippen LogP contribution in [0.5, 0.6) is 0 Å². The van der Waals surface area contributed by atoms with Crippen LogP contribution >= 0.6 is 11.6 Å². The lowest BCUT2D eigenvalue weighted by Gasteiger charge is -2.30. The van der Waals surface area contributed by atoms with Gasteiger partial charge in [-0.3, -0.25) is 11.3 Å². The summed E-state index contributed by atoms with van der Waals surface area (Å²) in [5.41, 5.74) is 3.92. The Bertz CT molecular complexity index is 340. The van der Waals surface area contributed by atoms with Crippen LogP contribution in [0, 0.1) is 5.92 Å². The molecule has 2 atom stereocenters. The van der Waals surface area contributed by atoms with Crippen molar-refractivity contribution in [2.24, 2.45) is 11.8 Å². The highest BCUT2D eigenvalue weighted by atomic mass is 35.5. The highest BCUT2D eigenvalue weighted by Crippen LogP contribution is 2.31. The average Bonchev–Trinajstić information content (AvgIpc) is 2.34. The van der Waals surface area contributed by atoms with Crippen LogP contribution in [0.15, 0.2) is 24.3 Å². The van der Waals surface area contributed by atoms with Gasteiger partial charge in [-0.05, 0) is 24.5 Å². The van der Waals surface area contributed by atoms with Gasteiger partial charge in [-0.15, -0.1) is 0 Å². The van der Waals surface area contributed by atoms with Crippen molar-refractivity contribution in [1.29, 1.82) is 0 Å². The van der Waals surface area contributed by atoms with E-state index in [4.69, 9.17) is 22.2 Å². The Morgan fingerprint density at radius 2 is 2.25 bits per heavy atom. The molecule has 1 heterocycles. The third-order valence-electron chi connectivity index (χ3n) is 3.09. The van der Waals surface area contributed by atoms with Gasteiger partial charge in [0, 0.05) is 17.5 Å². The van der Waals surface area contributed by atoms with E-state index in [2.05, 4.69) is 5.43 Å².